The first kappa shape index (κ1) is 45.5. The number of Topliss-reactive ketones (excluding diaryl/α,β-unsaturated/α-hetero) is 1. The number of ketones is 1. The van der Waals surface area contributed by atoms with Crippen molar-refractivity contribution in [1.29, 1.82) is 0 Å². The molecule has 2 fully saturated rings. The van der Waals surface area contributed by atoms with E-state index in [1.54, 1.807) is 46.0 Å². The molecule has 6 heterocycles. The zero-order chi connectivity index (χ0) is 45.6. The lowest BCUT2D eigenvalue weighted by Crippen LogP contribution is -2.59. The van der Waals surface area contributed by atoms with Crippen molar-refractivity contribution in [2.75, 3.05) is 89.2 Å². The Morgan fingerprint density at radius 2 is 0.924 bits per heavy atom. The Kier molecular flexibility index (Phi) is 13.1. The van der Waals surface area contributed by atoms with Crippen molar-refractivity contribution in [2.24, 2.45) is 0 Å². The highest BCUT2D eigenvalue weighted by Gasteiger charge is 2.40. The van der Waals surface area contributed by atoms with Gasteiger partial charge in [0, 0.05) is 98.1 Å². The van der Waals surface area contributed by atoms with Crippen LogP contribution in [0.4, 0.5) is 22.7 Å². The van der Waals surface area contributed by atoms with E-state index in [0.717, 1.165) is 79.4 Å². The molecule has 4 unspecified atom stereocenters. The first-order valence-corrected chi connectivity index (χ1v) is 27.7. The van der Waals surface area contributed by atoms with Crippen LogP contribution in [0.25, 0.3) is 0 Å². The summed E-state index contributed by atoms with van der Waals surface area (Å²) in [5.41, 5.74) is 5.39. The molecule has 0 amide bonds. The van der Waals surface area contributed by atoms with Crippen LogP contribution in [-0.4, -0.2) is 141 Å². The number of anilines is 4. The van der Waals surface area contributed by atoms with Crippen LogP contribution in [0.2, 0.25) is 0 Å². The van der Waals surface area contributed by atoms with Gasteiger partial charge in [0.15, 0.2) is 5.78 Å². The zero-order valence-electron chi connectivity index (χ0n) is 37.5. The van der Waals surface area contributed by atoms with Gasteiger partial charge in [-0.05, 0) is 98.7 Å². The summed E-state index contributed by atoms with van der Waals surface area (Å²) < 4.78 is 59.8. The van der Waals surface area contributed by atoms with Gasteiger partial charge in [0.2, 0.25) is 20.0 Å². The molecule has 6 aliphatic rings. The molecule has 0 saturated carbocycles. The van der Waals surface area contributed by atoms with Crippen molar-refractivity contribution < 1.29 is 21.6 Å². The summed E-state index contributed by atoms with van der Waals surface area (Å²) in [6, 6.07) is 27.3. The van der Waals surface area contributed by atoms with Gasteiger partial charge < -0.3 is 20.4 Å². The molecule has 4 atom stereocenters. The number of carbonyl (C=O) groups excluding carboxylic acids is 1. The second kappa shape index (κ2) is 19.0. The lowest BCUT2D eigenvalue weighted by Gasteiger charge is -2.42. The van der Waals surface area contributed by atoms with E-state index in [1.165, 1.54) is 0 Å². The number of nitrogens with one attached hydrogen (secondary N) is 2. The molecular formula is C49H58N8O5S4. The first-order valence-electron chi connectivity index (χ1n) is 23.1. The Morgan fingerprint density at radius 3 is 1.32 bits per heavy atom. The fourth-order valence-electron chi connectivity index (χ4n) is 9.91. The molecular weight excluding hydrogens is 909 g/mol. The number of rotatable bonds is 14. The van der Waals surface area contributed by atoms with Crippen molar-refractivity contribution in [3.63, 3.8) is 0 Å². The van der Waals surface area contributed by atoms with Crippen LogP contribution in [0, 0.1) is 0 Å². The summed E-state index contributed by atoms with van der Waals surface area (Å²) >= 11 is 3.37. The van der Waals surface area contributed by atoms with Gasteiger partial charge in [-0.2, -0.15) is 8.61 Å². The van der Waals surface area contributed by atoms with Gasteiger partial charge in [0.25, 0.3) is 0 Å². The molecule has 4 aromatic carbocycles. The second-order valence-corrected chi connectivity index (χ2v) is 24.7. The van der Waals surface area contributed by atoms with Crippen molar-refractivity contribution in [3.8, 4) is 0 Å². The molecule has 0 radical (unpaired) electrons. The molecule has 2 saturated heterocycles. The number of benzene rings is 4. The third-order valence-electron chi connectivity index (χ3n) is 14.0. The van der Waals surface area contributed by atoms with Crippen molar-refractivity contribution in [1.82, 2.24) is 28.2 Å². The summed E-state index contributed by atoms with van der Waals surface area (Å²) in [7, 11) is -7.30. The van der Waals surface area contributed by atoms with Crippen LogP contribution in [0.3, 0.4) is 0 Å². The minimum absolute atomic E-state index is 0.143. The van der Waals surface area contributed by atoms with E-state index in [2.05, 4.69) is 54.5 Å². The van der Waals surface area contributed by atoms with E-state index >= 15 is 4.79 Å². The van der Waals surface area contributed by atoms with E-state index in [9.17, 15) is 16.8 Å². The number of nitrogens with zero attached hydrogens (tertiary/aromatic N) is 6. The molecule has 0 spiro atoms. The van der Waals surface area contributed by atoms with Gasteiger partial charge in [-0.1, -0.05) is 72.1 Å². The number of piperazine rings is 2. The average Bonchev–Trinajstić information content (AvgIpc) is 4.09. The molecule has 4 aromatic rings. The minimum atomic E-state index is -3.65. The van der Waals surface area contributed by atoms with Crippen LogP contribution >= 0.6 is 23.5 Å². The normalized spacial score (nSPS) is 20.9. The van der Waals surface area contributed by atoms with Crippen LogP contribution in [0.1, 0.15) is 48.3 Å². The third kappa shape index (κ3) is 9.17. The van der Waals surface area contributed by atoms with E-state index in [0.29, 0.717) is 65.4 Å². The molecule has 0 aliphatic carbocycles. The molecule has 0 bridgehead atoms. The number of fused-ring (bicyclic) bond motifs is 4. The van der Waals surface area contributed by atoms with Crippen molar-refractivity contribution in [2.45, 2.75) is 68.9 Å². The molecule has 6 aliphatic heterocycles. The number of carbonyl (C=O) groups is 1. The van der Waals surface area contributed by atoms with E-state index in [4.69, 9.17) is 0 Å². The largest absolute Gasteiger partial charge is 0.366 e. The molecule has 348 valence electrons. The summed E-state index contributed by atoms with van der Waals surface area (Å²) in [6.45, 7) is 9.64. The monoisotopic (exact) mass is 966 g/mol. The Hall–Kier alpha value is -4.33. The highest BCUT2D eigenvalue weighted by molar-refractivity contribution is 8.00. The van der Waals surface area contributed by atoms with E-state index < -0.39 is 42.6 Å². The van der Waals surface area contributed by atoms with Crippen LogP contribution in [0.5, 0.6) is 0 Å². The fraction of sp³-hybridized carbons (Fsp3) is 0.408. The maximum absolute atomic E-state index is 15.0. The molecule has 66 heavy (non-hydrogen) atoms. The standard InChI is InChI=1S/C49H58N8O5S4/c1-35(37-15-17-47-41(31-37)50-39-11-3-5-13-45(39)63-47)65(59,60)56-27-23-52(24-28-56)33-43(54-19-7-8-20-54)49(58)44(55-21-9-10-22-55)34-53-25-29-57(30-26-53)66(61,62)36(2)38-16-18-48-42(32-38)51-40-12-4-6-14-46(40)64-48/h3-7,9,11-19,21,31-32,35-36,43-44,50-51H,8,10,20,22-30,33-34H2,1-2H3. The van der Waals surface area contributed by atoms with Gasteiger partial charge in [-0.3, -0.25) is 14.6 Å². The van der Waals surface area contributed by atoms with Crippen LogP contribution in [0.15, 0.2) is 129 Å². The summed E-state index contributed by atoms with van der Waals surface area (Å²) in [5, 5.41) is 5.55. The summed E-state index contributed by atoms with van der Waals surface area (Å²) in [4.78, 5) is 28.3. The van der Waals surface area contributed by atoms with Crippen molar-refractivity contribution in [3.05, 3.63) is 121 Å². The van der Waals surface area contributed by atoms with E-state index in [1.807, 2.05) is 85.2 Å². The maximum Gasteiger partial charge on any atom is 0.220 e. The quantitative estimate of drug-likeness (QED) is 0.112. The Labute approximate surface area is 398 Å². The van der Waals surface area contributed by atoms with Crippen LogP contribution < -0.4 is 10.6 Å². The average molecular weight is 967 g/mol. The Morgan fingerprint density at radius 1 is 0.530 bits per heavy atom. The smallest absolute Gasteiger partial charge is 0.220 e. The fourth-order valence-corrected chi connectivity index (χ4v) is 15.1. The zero-order valence-corrected chi connectivity index (χ0v) is 40.7. The highest BCUT2D eigenvalue weighted by Crippen LogP contribution is 2.46. The number of hydrogen-bond donors (Lipinski definition) is 2. The molecule has 0 aromatic heterocycles. The Bertz CT molecular complexity index is 2570. The maximum atomic E-state index is 15.0. The predicted molar refractivity (Wildman–Crippen MR) is 265 cm³/mol. The molecule has 10 rings (SSSR count). The third-order valence-corrected chi connectivity index (χ3v) is 20.8. The van der Waals surface area contributed by atoms with Gasteiger partial charge in [-0.25, -0.2) is 16.8 Å². The van der Waals surface area contributed by atoms with Crippen LogP contribution in [-0.2, 0) is 24.8 Å². The van der Waals surface area contributed by atoms with Gasteiger partial charge >= 0.3 is 0 Å². The number of sulfonamides is 2. The van der Waals surface area contributed by atoms with Gasteiger partial charge in [-0.15, -0.1) is 0 Å². The molecule has 13 nitrogen and oxygen atoms in total. The van der Waals surface area contributed by atoms with E-state index in [-0.39, 0.29) is 5.78 Å². The number of para-hydroxylation sites is 2. The first-order chi connectivity index (χ1) is 31.9. The minimum Gasteiger partial charge on any atom is -0.366 e. The number of hydrogen-bond acceptors (Lipinski definition) is 13. The van der Waals surface area contributed by atoms with Crippen molar-refractivity contribution >= 4 is 72.1 Å². The topological polar surface area (TPSA) is 129 Å². The summed E-state index contributed by atoms with van der Waals surface area (Å²) in [5.74, 6) is 0.143. The summed E-state index contributed by atoms with van der Waals surface area (Å²) in [6.07, 6.45) is 10.1. The molecule has 17 heteroatoms. The second-order valence-electron chi connectivity index (χ2n) is 18.0. The lowest BCUT2D eigenvalue weighted by molar-refractivity contribution is -0.129. The predicted octanol–water partition coefficient (Wildman–Crippen LogP) is 7.57. The Balaban J connectivity index is 0.769. The molecule has 2 N–H and O–H groups in total. The van der Waals surface area contributed by atoms with Gasteiger partial charge in [0.1, 0.15) is 12.1 Å². The highest BCUT2D eigenvalue weighted by atomic mass is 32.2. The van der Waals surface area contributed by atoms with Gasteiger partial charge in [0.05, 0.1) is 33.2 Å². The SMILES string of the molecule is CC(c1ccc2c(c1)Nc1ccccc1S2)S(=O)(=O)N1CCN(CC(C(=O)C(CN2CCN(S(=O)(=O)C(C)c3ccc4c(c3)Nc3ccccc3S4)CC2)N2C=CCC2)N2C=CCC2)CC1. The lowest BCUT2D eigenvalue weighted by atomic mass is 10.0.